The summed E-state index contributed by atoms with van der Waals surface area (Å²) in [5, 5.41) is 0.198. The number of carbonyl (C=O) groups excluding carboxylic acids is 2. The van der Waals surface area contributed by atoms with Crippen molar-refractivity contribution in [3.8, 4) is 11.5 Å². The summed E-state index contributed by atoms with van der Waals surface area (Å²) < 4.78 is 25.2. The number of methoxy groups -OCH3 is 1. The van der Waals surface area contributed by atoms with Crippen LogP contribution < -0.4 is 9.47 Å². The number of carbonyl (C=O) groups is 2. The molecule has 0 N–H and O–H groups in total. The Kier molecular flexibility index (Phi) is 6.51. The lowest BCUT2D eigenvalue weighted by Gasteiger charge is -2.29. The Morgan fingerprint density at radius 3 is 2.37 bits per heavy atom. The van der Waals surface area contributed by atoms with Crippen LogP contribution in [0.2, 0.25) is 5.02 Å². The normalized spacial score (nSPS) is 17.5. The minimum absolute atomic E-state index is 0.0764. The van der Waals surface area contributed by atoms with Crippen LogP contribution >= 0.6 is 11.6 Å². The molecule has 0 radical (unpaired) electrons. The van der Waals surface area contributed by atoms with Crippen LogP contribution in [0.25, 0.3) is 0 Å². The lowest BCUT2D eigenvalue weighted by Crippen LogP contribution is -2.36. The van der Waals surface area contributed by atoms with Gasteiger partial charge in [-0.1, -0.05) is 11.6 Å². The first-order valence-electron chi connectivity index (χ1n) is 9.66. The molecular weight excluding hydrogens is 411 g/mol. The number of urea groups is 1. The predicted molar refractivity (Wildman–Crippen MR) is 111 cm³/mol. The van der Waals surface area contributed by atoms with Gasteiger partial charge >= 0.3 is 6.03 Å². The number of ether oxygens (including phenoxy) is 2. The highest BCUT2D eigenvalue weighted by molar-refractivity contribution is 6.31. The molecule has 1 aliphatic rings. The van der Waals surface area contributed by atoms with E-state index in [0.717, 1.165) is 0 Å². The Hall–Kier alpha value is -2.80. The van der Waals surface area contributed by atoms with Crippen LogP contribution in [0.5, 0.6) is 11.5 Å². The number of benzene rings is 2. The molecule has 6 nitrogen and oxygen atoms in total. The first-order valence-corrected chi connectivity index (χ1v) is 10.0. The van der Waals surface area contributed by atoms with Gasteiger partial charge in [0, 0.05) is 12.1 Å². The fourth-order valence-corrected chi connectivity index (χ4v) is 3.93. The third-order valence-corrected chi connectivity index (χ3v) is 5.65. The summed E-state index contributed by atoms with van der Waals surface area (Å²) in [7, 11) is 1.58. The smallest absolute Gasteiger partial charge is 0.327 e. The van der Waals surface area contributed by atoms with Gasteiger partial charge in [-0.05, 0) is 62.7 Å². The van der Waals surface area contributed by atoms with Crippen molar-refractivity contribution in [3.63, 3.8) is 0 Å². The molecule has 30 heavy (non-hydrogen) atoms. The molecule has 1 fully saturated rings. The number of hydrogen-bond donors (Lipinski definition) is 0. The van der Waals surface area contributed by atoms with Gasteiger partial charge in [0.2, 0.25) is 0 Å². The molecule has 3 amide bonds. The zero-order chi connectivity index (χ0) is 22.0. The number of likely N-dealkylation sites (N-methyl/N-ethyl adjacent to an activating group) is 1. The van der Waals surface area contributed by atoms with Gasteiger partial charge in [0.1, 0.15) is 30.0 Å². The maximum absolute atomic E-state index is 14.2. The molecule has 0 bridgehead atoms. The van der Waals surface area contributed by atoms with Gasteiger partial charge in [0.15, 0.2) is 0 Å². The summed E-state index contributed by atoms with van der Waals surface area (Å²) in [5.74, 6) is 0.497. The average molecular weight is 435 g/mol. The monoisotopic (exact) mass is 434 g/mol. The SMILES string of the molecule is CCN1C(=O)C(C)N([C@@H](C)c2cc(F)cc(Cl)c2COc2ccc(OC)cc2)C1=O. The first-order chi connectivity index (χ1) is 14.3. The van der Waals surface area contributed by atoms with E-state index >= 15 is 0 Å². The Bertz CT molecular complexity index is 951. The van der Waals surface area contributed by atoms with Crippen molar-refractivity contribution in [1.82, 2.24) is 9.80 Å². The molecule has 0 aromatic heterocycles. The van der Waals surface area contributed by atoms with Crippen LogP contribution in [-0.2, 0) is 11.4 Å². The predicted octanol–water partition coefficient (Wildman–Crippen LogP) is 4.80. The van der Waals surface area contributed by atoms with Crippen molar-refractivity contribution in [2.45, 2.75) is 39.5 Å². The van der Waals surface area contributed by atoms with Gasteiger partial charge in [-0.15, -0.1) is 0 Å². The van der Waals surface area contributed by atoms with Crippen molar-refractivity contribution < 1.29 is 23.5 Å². The molecule has 1 saturated heterocycles. The molecule has 0 aliphatic carbocycles. The van der Waals surface area contributed by atoms with Crippen molar-refractivity contribution in [3.05, 3.63) is 58.4 Å². The summed E-state index contributed by atoms with van der Waals surface area (Å²) in [6.45, 7) is 5.52. The molecule has 1 aliphatic heterocycles. The molecule has 2 aromatic carbocycles. The third-order valence-electron chi connectivity index (χ3n) is 5.31. The Morgan fingerprint density at radius 2 is 1.80 bits per heavy atom. The highest BCUT2D eigenvalue weighted by Crippen LogP contribution is 2.35. The molecule has 0 spiro atoms. The summed E-state index contributed by atoms with van der Waals surface area (Å²) in [6, 6.07) is 7.96. The van der Waals surface area contributed by atoms with Gasteiger partial charge < -0.3 is 14.4 Å². The van der Waals surface area contributed by atoms with Crippen molar-refractivity contribution in [1.29, 1.82) is 0 Å². The largest absolute Gasteiger partial charge is 0.497 e. The third kappa shape index (κ3) is 4.07. The van der Waals surface area contributed by atoms with Crippen LogP contribution in [0, 0.1) is 5.82 Å². The van der Waals surface area contributed by atoms with Gasteiger partial charge in [-0.3, -0.25) is 9.69 Å². The van der Waals surface area contributed by atoms with E-state index in [1.807, 2.05) is 0 Å². The van der Waals surface area contributed by atoms with Crippen molar-refractivity contribution in [2.75, 3.05) is 13.7 Å². The van der Waals surface area contributed by atoms with Crippen LogP contribution in [0.4, 0.5) is 9.18 Å². The molecule has 0 saturated carbocycles. The molecule has 2 atom stereocenters. The van der Waals surface area contributed by atoms with Crippen LogP contribution in [-0.4, -0.2) is 41.4 Å². The fourth-order valence-electron chi connectivity index (χ4n) is 3.66. The van der Waals surface area contributed by atoms with E-state index < -0.39 is 23.9 Å². The van der Waals surface area contributed by atoms with E-state index in [2.05, 4.69) is 0 Å². The van der Waals surface area contributed by atoms with Crippen LogP contribution in [0.15, 0.2) is 36.4 Å². The number of halogens is 2. The topological polar surface area (TPSA) is 59.1 Å². The van der Waals surface area contributed by atoms with E-state index in [4.69, 9.17) is 21.1 Å². The average Bonchev–Trinajstić information content (AvgIpc) is 2.94. The number of nitrogens with zero attached hydrogens (tertiary/aromatic N) is 2. The van der Waals surface area contributed by atoms with Crippen LogP contribution in [0.3, 0.4) is 0 Å². The van der Waals surface area contributed by atoms with E-state index in [-0.39, 0.29) is 24.1 Å². The molecule has 1 unspecified atom stereocenters. The second-order valence-corrected chi connectivity index (χ2v) is 7.45. The van der Waals surface area contributed by atoms with E-state index in [9.17, 15) is 14.0 Å². The Balaban J connectivity index is 1.90. The number of amides is 3. The standard InChI is InChI=1S/C22H24ClFN2O4/c1-5-25-21(27)14(3)26(22(25)28)13(2)18-10-15(24)11-20(23)19(18)12-30-17-8-6-16(29-4)7-9-17/h6-11,13-14H,5,12H2,1-4H3/t13-,14?/m0/s1. The molecule has 8 heteroatoms. The lowest BCUT2D eigenvalue weighted by atomic mass is 9.99. The molecule has 1 heterocycles. The quantitative estimate of drug-likeness (QED) is 0.587. The maximum Gasteiger partial charge on any atom is 0.327 e. The van der Waals surface area contributed by atoms with E-state index in [0.29, 0.717) is 22.6 Å². The second kappa shape index (κ2) is 8.92. The number of rotatable bonds is 7. The van der Waals surface area contributed by atoms with E-state index in [1.165, 1.54) is 21.9 Å². The second-order valence-electron chi connectivity index (χ2n) is 7.04. The number of hydrogen-bond acceptors (Lipinski definition) is 4. The summed E-state index contributed by atoms with van der Waals surface area (Å²) in [5.41, 5.74) is 1.06. The lowest BCUT2D eigenvalue weighted by molar-refractivity contribution is -0.127. The Labute approximate surface area is 180 Å². The molecule has 3 rings (SSSR count). The summed E-state index contributed by atoms with van der Waals surface area (Å²) in [4.78, 5) is 27.8. The molecule has 2 aromatic rings. The summed E-state index contributed by atoms with van der Waals surface area (Å²) >= 11 is 6.34. The molecular formula is C22H24ClFN2O4. The zero-order valence-electron chi connectivity index (χ0n) is 17.3. The van der Waals surface area contributed by atoms with Crippen molar-refractivity contribution >= 4 is 23.5 Å². The fraction of sp³-hybridized carbons (Fsp3) is 0.364. The van der Waals surface area contributed by atoms with Crippen LogP contribution in [0.1, 0.15) is 37.9 Å². The minimum atomic E-state index is -0.648. The number of imide groups is 1. The summed E-state index contributed by atoms with van der Waals surface area (Å²) in [6.07, 6.45) is 0. The van der Waals surface area contributed by atoms with E-state index in [1.54, 1.807) is 52.1 Å². The van der Waals surface area contributed by atoms with Gasteiger partial charge in [-0.2, -0.15) is 0 Å². The molecule has 160 valence electrons. The Morgan fingerprint density at radius 1 is 1.17 bits per heavy atom. The zero-order valence-corrected chi connectivity index (χ0v) is 18.1. The van der Waals surface area contributed by atoms with Crippen molar-refractivity contribution in [2.24, 2.45) is 0 Å². The van der Waals surface area contributed by atoms with Gasteiger partial charge in [0.25, 0.3) is 5.91 Å². The first kappa shape index (κ1) is 21.9. The highest BCUT2D eigenvalue weighted by Gasteiger charge is 2.44. The van der Waals surface area contributed by atoms with Gasteiger partial charge in [0.05, 0.1) is 18.2 Å². The van der Waals surface area contributed by atoms with Gasteiger partial charge in [-0.25, -0.2) is 9.18 Å². The maximum atomic E-state index is 14.2. The minimum Gasteiger partial charge on any atom is -0.497 e. The highest BCUT2D eigenvalue weighted by atomic mass is 35.5.